The maximum Gasteiger partial charge on any atom is 0.272 e. The van der Waals surface area contributed by atoms with Gasteiger partial charge in [0, 0.05) is 16.3 Å². The van der Waals surface area contributed by atoms with Gasteiger partial charge in [-0.15, -0.1) is 11.3 Å². The van der Waals surface area contributed by atoms with Crippen molar-refractivity contribution < 1.29 is 4.79 Å². The first-order valence-electron chi connectivity index (χ1n) is 8.95. The number of nitrogens with zero attached hydrogens (tertiary/aromatic N) is 3. The fourth-order valence-electron chi connectivity index (χ4n) is 3.13. The Kier molecular flexibility index (Phi) is 4.75. The smallest absolute Gasteiger partial charge is 0.272 e. The molecule has 0 radical (unpaired) electrons. The fraction of sp³-hybridized carbons (Fsp3) is 0.0455. The zero-order valence-corrected chi connectivity index (χ0v) is 17.5. The van der Waals surface area contributed by atoms with Crippen molar-refractivity contribution in [3.63, 3.8) is 0 Å². The topological polar surface area (TPSA) is 46.1 Å². The molecule has 5 rings (SSSR count). The van der Waals surface area contributed by atoms with Gasteiger partial charge in [-0.1, -0.05) is 59.3 Å². The van der Waals surface area contributed by atoms with Crippen molar-refractivity contribution in [2.45, 2.75) is 6.54 Å². The maximum atomic E-state index is 13.6. The summed E-state index contributed by atoms with van der Waals surface area (Å²) in [5.74, 6) is -0.166. The predicted molar refractivity (Wildman–Crippen MR) is 121 cm³/mol. The number of thiophene rings is 1. The van der Waals surface area contributed by atoms with Crippen LogP contribution in [0.3, 0.4) is 0 Å². The number of para-hydroxylation sites is 1. The molecule has 0 saturated carbocycles. The van der Waals surface area contributed by atoms with Gasteiger partial charge in [0.1, 0.15) is 4.88 Å². The number of pyridine rings is 1. The number of hydrogen-bond donors (Lipinski definition) is 0. The molecule has 0 saturated heterocycles. The summed E-state index contributed by atoms with van der Waals surface area (Å²) in [4.78, 5) is 24.9. The zero-order valence-electron chi connectivity index (χ0n) is 15.1. The van der Waals surface area contributed by atoms with Crippen molar-refractivity contribution in [3.05, 3.63) is 88.5 Å². The lowest BCUT2D eigenvalue weighted by molar-refractivity contribution is 0.0989. The van der Waals surface area contributed by atoms with Crippen LogP contribution in [0, 0.1) is 0 Å². The van der Waals surface area contributed by atoms with E-state index in [-0.39, 0.29) is 5.91 Å². The van der Waals surface area contributed by atoms with Gasteiger partial charge in [-0.3, -0.25) is 14.7 Å². The van der Waals surface area contributed by atoms with Crippen LogP contribution in [0.2, 0.25) is 5.02 Å². The third kappa shape index (κ3) is 3.40. The second-order valence-electron chi connectivity index (χ2n) is 6.42. The first-order chi connectivity index (χ1) is 14.2. The largest absolute Gasteiger partial charge is 0.277 e. The summed E-state index contributed by atoms with van der Waals surface area (Å²) in [6.07, 6.45) is 1.72. The van der Waals surface area contributed by atoms with Crippen LogP contribution >= 0.6 is 34.3 Å². The van der Waals surface area contributed by atoms with Crippen LogP contribution in [-0.4, -0.2) is 15.9 Å². The van der Waals surface area contributed by atoms with Gasteiger partial charge in [0.2, 0.25) is 0 Å². The molecule has 7 heteroatoms. The highest BCUT2D eigenvalue weighted by Crippen LogP contribution is 2.38. The SMILES string of the molecule is O=C(c1sc2ccccc2c1Cl)N(Cc1ccccn1)c1nc2ccccc2s1. The summed E-state index contributed by atoms with van der Waals surface area (Å²) in [5.41, 5.74) is 1.66. The van der Waals surface area contributed by atoms with Crippen LogP contribution < -0.4 is 4.90 Å². The normalized spacial score (nSPS) is 11.2. The van der Waals surface area contributed by atoms with Crippen LogP contribution in [0.5, 0.6) is 0 Å². The second-order valence-corrected chi connectivity index (χ2v) is 8.86. The lowest BCUT2D eigenvalue weighted by atomic mass is 10.2. The average molecular weight is 436 g/mol. The van der Waals surface area contributed by atoms with Crippen LogP contribution in [0.25, 0.3) is 20.3 Å². The number of benzene rings is 2. The van der Waals surface area contributed by atoms with Crippen molar-refractivity contribution in [2.75, 3.05) is 4.90 Å². The third-order valence-electron chi connectivity index (χ3n) is 4.53. The Morgan fingerprint density at radius 2 is 1.69 bits per heavy atom. The molecule has 4 nitrogen and oxygen atoms in total. The standard InChI is InChI=1S/C22H14ClN3OS2/c23-19-15-8-1-3-10-17(15)28-20(19)21(27)26(13-14-7-5-6-12-24-14)22-25-16-9-2-4-11-18(16)29-22/h1-12H,13H2. The summed E-state index contributed by atoms with van der Waals surface area (Å²) in [7, 11) is 0. The van der Waals surface area contributed by atoms with Gasteiger partial charge in [0.15, 0.2) is 5.13 Å². The number of carbonyl (C=O) groups is 1. The summed E-state index contributed by atoms with van der Waals surface area (Å²) < 4.78 is 2.02. The molecule has 0 aliphatic rings. The predicted octanol–water partition coefficient (Wildman–Crippen LogP) is 6.41. The third-order valence-corrected chi connectivity index (χ3v) is 7.26. The highest BCUT2D eigenvalue weighted by Gasteiger charge is 2.26. The summed E-state index contributed by atoms with van der Waals surface area (Å²) >= 11 is 9.49. The van der Waals surface area contributed by atoms with Gasteiger partial charge >= 0.3 is 0 Å². The van der Waals surface area contributed by atoms with Crippen molar-refractivity contribution >= 4 is 65.6 Å². The molecule has 142 valence electrons. The first kappa shape index (κ1) is 18.2. The molecule has 0 spiro atoms. The molecular formula is C22H14ClN3OS2. The number of aromatic nitrogens is 2. The summed E-state index contributed by atoms with van der Waals surface area (Å²) in [5, 5.41) is 2.02. The lowest BCUT2D eigenvalue weighted by Crippen LogP contribution is -2.30. The number of carbonyl (C=O) groups excluding carboxylic acids is 1. The van der Waals surface area contributed by atoms with Crippen molar-refractivity contribution in [2.24, 2.45) is 0 Å². The van der Waals surface area contributed by atoms with E-state index in [1.54, 1.807) is 11.1 Å². The summed E-state index contributed by atoms with van der Waals surface area (Å²) in [6.45, 7) is 0.323. The Balaban J connectivity index is 1.62. The van der Waals surface area contributed by atoms with Crippen LogP contribution in [0.1, 0.15) is 15.4 Å². The van der Waals surface area contributed by atoms with E-state index in [0.29, 0.717) is 21.6 Å². The first-order valence-corrected chi connectivity index (χ1v) is 11.0. The molecule has 0 aliphatic carbocycles. The molecule has 1 amide bonds. The molecule has 3 aromatic heterocycles. The highest BCUT2D eigenvalue weighted by atomic mass is 35.5. The van der Waals surface area contributed by atoms with E-state index in [2.05, 4.69) is 4.98 Å². The minimum Gasteiger partial charge on any atom is -0.277 e. The monoisotopic (exact) mass is 435 g/mol. The maximum absolute atomic E-state index is 13.6. The number of fused-ring (bicyclic) bond motifs is 2. The molecule has 5 aromatic rings. The lowest BCUT2D eigenvalue weighted by Gasteiger charge is -2.19. The molecule has 0 bridgehead atoms. The molecule has 0 unspecified atom stereocenters. The van der Waals surface area contributed by atoms with Gasteiger partial charge in [-0.2, -0.15) is 0 Å². The van der Waals surface area contributed by atoms with Gasteiger partial charge in [0.25, 0.3) is 5.91 Å². The molecule has 0 atom stereocenters. The van der Waals surface area contributed by atoms with Crippen molar-refractivity contribution in [1.29, 1.82) is 0 Å². The number of amides is 1. The number of hydrogen-bond acceptors (Lipinski definition) is 5. The van der Waals surface area contributed by atoms with Crippen molar-refractivity contribution in [3.8, 4) is 0 Å². The number of rotatable bonds is 4. The van der Waals surface area contributed by atoms with Gasteiger partial charge in [0.05, 0.1) is 27.5 Å². The second kappa shape index (κ2) is 7.55. The molecule has 0 aliphatic heterocycles. The molecule has 2 aromatic carbocycles. The van der Waals surface area contributed by atoms with E-state index >= 15 is 0 Å². The van der Waals surface area contributed by atoms with Gasteiger partial charge < -0.3 is 0 Å². The van der Waals surface area contributed by atoms with E-state index < -0.39 is 0 Å². The zero-order chi connectivity index (χ0) is 19.8. The summed E-state index contributed by atoms with van der Waals surface area (Å²) in [6, 6.07) is 21.3. The minimum atomic E-state index is -0.166. The Bertz CT molecular complexity index is 1300. The minimum absolute atomic E-state index is 0.166. The number of halogens is 1. The van der Waals surface area contributed by atoms with Crippen LogP contribution in [0.4, 0.5) is 5.13 Å². The molecule has 0 fully saturated rings. The average Bonchev–Trinajstić information content (AvgIpc) is 3.34. The van der Waals surface area contributed by atoms with E-state index in [4.69, 9.17) is 16.6 Å². The van der Waals surface area contributed by atoms with E-state index in [1.807, 2.05) is 66.7 Å². The van der Waals surface area contributed by atoms with Crippen molar-refractivity contribution in [1.82, 2.24) is 9.97 Å². The molecule has 3 heterocycles. The van der Waals surface area contributed by atoms with Crippen LogP contribution in [-0.2, 0) is 6.54 Å². The fourth-order valence-corrected chi connectivity index (χ4v) is 5.55. The van der Waals surface area contributed by atoms with E-state index in [1.165, 1.54) is 22.7 Å². The Morgan fingerprint density at radius 3 is 2.45 bits per heavy atom. The highest BCUT2D eigenvalue weighted by molar-refractivity contribution is 7.23. The Hall–Kier alpha value is -2.80. The Morgan fingerprint density at radius 1 is 0.931 bits per heavy atom. The molecule has 29 heavy (non-hydrogen) atoms. The number of thiazole rings is 1. The number of anilines is 1. The molecule has 0 N–H and O–H groups in total. The Labute approximate surface area is 180 Å². The van der Waals surface area contributed by atoms with Gasteiger partial charge in [-0.25, -0.2) is 4.98 Å². The van der Waals surface area contributed by atoms with E-state index in [0.717, 1.165) is 26.0 Å². The van der Waals surface area contributed by atoms with Gasteiger partial charge in [-0.05, 0) is 30.3 Å². The molecular weight excluding hydrogens is 422 g/mol. The van der Waals surface area contributed by atoms with Crippen LogP contribution in [0.15, 0.2) is 72.9 Å². The van der Waals surface area contributed by atoms with E-state index in [9.17, 15) is 4.79 Å². The quantitative estimate of drug-likeness (QED) is 0.328.